The monoisotopic (exact) mass is 261 g/mol. The Morgan fingerprint density at radius 1 is 1.41 bits per heavy atom. The van der Waals surface area contributed by atoms with Crippen LogP contribution in [0.5, 0.6) is 0 Å². The maximum Gasteiger partial charge on any atom is 0.0667 e. The molecule has 3 nitrogen and oxygen atoms in total. The lowest BCUT2D eigenvalue weighted by Crippen LogP contribution is -2.30. The maximum atomic E-state index is 11.1. The first-order valence-corrected chi connectivity index (χ1v) is 8.42. The third kappa shape index (κ3) is 6.53. The summed E-state index contributed by atoms with van der Waals surface area (Å²) in [5, 5.41) is 13.4. The molecule has 1 saturated carbocycles. The summed E-state index contributed by atoms with van der Waals surface area (Å²) in [6.45, 7) is 3.54. The van der Waals surface area contributed by atoms with E-state index in [-0.39, 0.29) is 11.4 Å². The van der Waals surface area contributed by atoms with Gasteiger partial charge < -0.3 is 10.4 Å². The summed E-state index contributed by atoms with van der Waals surface area (Å²) in [7, 11) is -0.731. The Bertz CT molecular complexity index is 229. The van der Waals surface area contributed by atoms with Gasteiger partial charge in [0.25, 0.3) is 0 Å². The van der Waals surface area contributed by atoms with Crippen molar-refractivity contribution in [2.24, 2.45) is 5.92 Å². The van der Waals surface area contributed by atoms with Crippen molar-refractivity contribution in [2.45, 2.75) is 56.8 Å². The zero-order chi connectivity index (χ0) is 12.7. The average molecular weight is 261 g/mol. The van der Waals surface area contributed by atoms with E-state index >= 15 is 0 Å². The Kier molecular flexibility index (Phi) is 7.32. The molecule has 0 aromatic heterocycles. The Hall–Kier alpha value is 0.0700. The van der Waals surface area contributed by atoms with Crippen LogP contribution < -0.4 is 5.32 Å². The van der Waals surface area contributed by atoms with Gasteiger partial charge in [-0.15, -0.1) is 0 Å². The molecule has 0 bridgehead atoms. The predicted molar refractivity (Wildman–Crippen MR) is 73.6 cm³/mol. The molecule has 3 unspecified atom stereocenters. The SMILES string of the molecule is CC(CCNCC(O)CC1CCCC1)S(C)=O. The second kappa shape index (κ2) is 8.22. The second-order valence-corrected chi connectivity index (χ2v) is 7.14. The smallest absolute Gasteiger partial charge is 0.0667 e. The van der Waals surface area contributed by atoms with Gasteiger partial charge in [0.1, 0.15) is 0 Å². The van der Waals surface area contributed by atoms with Crippen molar-refractivity contribution in [3.05, 3.63) is 0 Å². The highest BCUT2D eigenvalue weighted by Gasteiger charge is 2.18. The van der Waals surface area contributed by atoms with Crippen molar-refractivity contribution in [2.75, 3.05) is 19.3 Å². The zero-order valence-corrected chi connectivity index (χ0v) is 12.0. The Morgan fingerprint density at radius 2 is 2.06 bits per heavy atom. The van der Waals surface area contributed by atoms with Gasteiger partial charge in [-0.3, -0.25) is 4.21 Å². The van der Waals surface area contributed by atoms with Crippen molar-refractivity contribution in [1.82, 2.24) is 5.32 Å². The van der Waals surface area contributed by atoms with Crippen LogP contribution in [0.15, 0.2) is 0 Å². The van der Waals surface area contributed by atoms with Gasteiger partial charge in [0.2, 0.25) is 0 Å². The molecular formula is C13H27NO2S. The average Bonchev–Trinajstić information content (AvgIpc) is 2.76. The molecule has 1 aliphatic carbocycles. The molecule has 0 heterocycles. The number of hydrogen-bond acceptors (Lipinski definition) is 3. The molecule has 1 aliphatic rings. The topological polar surface area (TPSA) is 49.3 Å². The van der Waals surface area contributed by atoms with Crippen LogP contribution >= 0.6 is 0 Å². The highest BCUT2D eigenvalue weighted by molar-refractivity contribution is 7.84. The Labute approximate surface area is 108 Å². The van der Waals surface area contributed by atoms with Gasteiger partial charge in [-0.05, 0) is 25.3 Å². The molecule has 0 aromatic carbocycles. The summed E-state index contributed by atoms with van der Waals surface area (Å²) in [6.07, 6.45) is 8.67. The van der Waals surface area contributed by atoms with Crippen LogP contribution in [-0.2, 0) is 10.8 Å². The molecule has 2 N–H and O–H groups in total. The molecule has 1 rings (SSSR count). The standard InChI is InChI=1S/C13H27NO2S/c1-11(17(2)16)7-8-14-10-13(15)9-12-5-3-4-6-12/h11-15H,3-10H2,1-2H3. The van der Waals surface area contributed by atoms with Crippen LogP contribution in [0.2, 0.25) is 0 Å². The van der Waals surface area contributed by atoms with Gasteiger partial charge in [0.15, 0.2) is 0 Å². The van der Waals surface area contributed by atoms with Crippen molar-refractivity contribution in [3.8, 4) is 0 Å². The molecule has 1 fully saturated rings. The van der Waals surface area contributed by atoms with Gasteiger partial charge in [0, 0.05) is 28.9 Å². The normalized spacial score (nSPS) is 22.5. The minimum Gasteiger partial charge on any atom is -0.392 e. The fourth-order valence-electron chi connectivity index (χ4n) is 2.45. The summed E-state index contributed by atoms with van der Waals surface area (Å²) in [5.41, 5.74) is 0. The lowest BCUT2D eigenvalue weighted by molar-refractivity contribution is 0.141. The van der Waals surface area contributed by atoms with E-state index in [2.05, 4.69) is 5.32 Å². The number of hydrogen-bond donors (Lipinski definition) is 2. The summed E-state index contributed by atoms with van der Waals surface area (Å²) in [5.74, 6) is 0.744. The number of nitrogens with one attached hydrogen (secondary N) is 1. The van der Waals surface area contributed by atoms with Crippen LogP contribution in [0.25, 0.3) is 0 Å². The van der Waals surface area contributed by atoms with Gasteiger partial charge in [-0.25, -0.2) is 0 Å². The van der Waals surface area contributed by atoms with Gasteiger partial charge in [-0.1, -0.05) is 32.6 Å². The number of rotatable bonds is 8. The molecule has 0 aliphatic heterocycles. The third-order valence-electron chi connectivity index (χ3n) is 3.75. The number of aliphatic hydroxyl groups is 1. The molecule has 3 atom stereocenters. The van der Waals surface area contributed by atoms with E-state index < -0.39 is 10.8 Å². The van der Waals surface area contributed by atoms with Crippen molar-refractivity contribution in [1.29, 1.82) is 0 Å². The van der Waals surface area contributed by atoms with E-state index in [0.29, 0.717) is 6.54 Å². The van der Waals surface area contributed by atoms with Gasteiger partial charge >= 0.3 is 0 Å². The summed E-state index contributed by atoms with van der Waals surface area (Å²) in [4.78, 5) is 0. The molecule has 0 radical (unpaired) electrons. The van der Waals surface area contributed by atoms with Crippen molar-refractivity contribution >= 4 is 10.8 Å². The van der Waals surface area contributed by atoms with Crippen molar-refractivity contribution in [3.63, 3.8) is 0 Å². The van der Waals surface area contributed by atoms with E-state index in [9.17, 15) is 9.32 Å². The molecule has 4 heteroatoms. The zero-order valence-electron chi connectivity index (χ0n) is 11.2. The minimum atomic E-state index is -0.731. The fourth-order valence-corrected chi connectivity index (χ4v) is 2.90. The van der Waals surface area contributed by atoms with Crippen LogP contribution in [-0.4, -0.2) is 40.0 Å². The molecule has 0 amide bonds. The first-order chi connectivity index (χ1) is 8.09. The first-order valence-electron chi connectivity index (χ1n) is 6.80. The molecule has 0 spiro atoms. The van der Waals surface area contributed by atoms with Crippen LogP contribution in [0, 0.1) is 5.92 Å². The second-order valence-electron chi connectivity index (χ2n) is 5.34. The lowest BCUT2D eigenvalue weighted by atomic mass is 10.00. The summed E-state index contributed by atoms with van der Waals surface area (Å²) >= 11 is 0. The lowest BCUT2D eigenvalue weighted by Gasteiger charge is -2.16. The predicted octanol–water partition coefficient (Wildman–Crippen LogP) is 1.67. The van der Waals surface area contributed by atoms with Gasteiger partial charge in [0.05, 0.1) is 6.10 Å². The fraction of sp³-hybridized carbons (Fsp3) is 1.00. The molecule has 0 aromatic rings. The first kappa shape index (κ1) is 15.1. The van der Waals surface area contributed by atoms with E-state index in [1.54, 1.807) is 6.26 Å². The molecule has 17 heavy (non-hydrogen) atoms. The van der Waals surface area contributed by atoms with Gasteiger partial charge in [-0.2, -0.15) is 0 Å². The Balaban J connectivity index is 1.99. The third-order valence-corrected chi connectivity index (χ3v) is 5.12. The van der Waals surface area contributed by atoms with E-state index in [1.165, 1.54) is 25.7 Å². The van der Waals surface area contributed by atoms with E-state index in [1.807, 2.05) is 6.92 Å². The van der Waals surface area contributed by atoms with Crippen LogP contribution in [0.4, 0.5) is 0 Å². The summed E-state index contributed by atoms with van der Waals surface area (Å²) in [6, 6.07) is 0. The quantitative estimate of drug-likeness (QED) is 0.654. The maximum absolute atomic E-state index is 11.1. The highest BCUT2D eigenvalue weighted by atomic mass is 32.2. The highest BCUT2D eigenvalue weighted by Crippen LogP contribution is 2.28. The Morgan fingerprint density at radius 3 is 2.65 bits per heavy atom. The van der Waals surface area contributed by atoms with Crippen LogP contribution in [0.1, 0.15) is 45.4 Å². The van der Waals surface area contributed by atoms with E-state index in [4.69, 9.17) is 0 Å². The minimum absolute atomic E-state index is 0.208. The molecule has 102 valence electrons. The van der Waals surface area contributed by atoms with Crippen molar-refractivity contribution < 1.29 is 9.32 Å². The summed E-state index contributed by atoms with van der Waals surface area (Å²) < 4.78 is 11.1. The molecule has 0 saturated heterocycles. The largest absolute Gasteiger partial charge is 0.392 e. The molecular weight excluding hydrogens is 234 g/mol. The van der Waals surface area contributed by atoms with E-state index in [0.717, 1.165) is 25.3 Å². The van der Waals surface area contributed by atoms with Crippen LogP contribution in [0.3, 0.4) is 0 Å². The number of aliphatic hydroxyl groups excluding tert-OH is 1.